The number of nitrogens with two attached hydrogens (primary N) is 1. The van der Waals surface area contributed by atoms with E-state index < -0.39 is 12.0 Å². The number of thiazole rings is 1. The SMILES string of the molecule is N[C@@H](CSCc1csc(-c2ccco2)n1)C(=O)O. The molecule has 2 aromatic rings. The molecule has 7 heteroatoms. The van der Waals surface area contributed by atoms with E-state index in [4.69, 9.17) is 15.3 Å². The molecule has 0 amide bonds. The lowest BCUT2D eigenvalue weighted by Gasteiger charge is -2.03. The number of hydrogen-bond acceptors (Lipinski definition) is 6. The molecule has 96 valence electrons. The van der Waals surface area contributed by atoms with Crippen molar-refractivity contribution in [2.24, 2.45) is 5.73 Å². The van der Waals surface area contributed by atoms with Crippen molar-refractivity contribution in [3.63, 3.8) is 0 Å². The second kappa shape index (κ2) is 6.03. The van der Waals surface area contributed by atoms with E-state index in [0.717, 1.165) is 16.5 Å². The number of hydrogen-bond donors (Lipinski definition) is 2. The fourth-order valence-corrected chi connectivity index (χ4v) is 3.01. The fraction of sp³-hybridized carbons (Fsp3) is 0.273. The number of carbonyl (C=O) groups is 1. The minimum absolute atomic E-state index is 0.378. The Morgan fingerprint density at radius 2 is 2.50 bits per heavy atom. The maximum atomic E-state index is 10.5. The van der Waals surface area contributed by atoms with E-state index in [2.05, 4.69) is 4.98 Å². The summed E-state index contributed by atoms with van der Waals surface area (Å²) in [5.74, 6) is 0.803. The third-order valence-corrected chi connectivity index (χ3v) is 4.15. The van der Waals surface area contributed by atoms with E-state index in [0.29, 0.717) is 11.5 Å². The molecule has 0 unspecified atom stereocenters. The average Bonchev–Trinajstić information content (AvgIpc) is 2.98. The van der Waals surface area contributed by atoms with Crippen LogP contribution >= 0.6 is 23.1 Å². The smallest absolute Gasteiger partial charge is 0.321 e. The largest absolute Gasteiger partial charge is 0.480 e. The average molecular weight is 284 g/mol. The summed E-state index contributed by atoms with van der Waals surface area (Å²) >= 11 is 2.97. The third kappa shape index (κ3) is 3.34. The van der Waals surface area contributed by atoms with Gasteiger partial charge in [0, 0.05) is 16.9 Å². The molecule has 0 spiro atoms. The molecule has 2 heterocycles. The Hall–Kier alpha value is -1.31. The summed E-state index contributed by atoms with van der Waals surface area (Å²) in [5.41, 5.74) is 6.32. The van der Waals surface area contributed by atoms with Gasteiger partial charge in [-0.05, 0) is 12.1 Å². The van der Waals surface area contributed by atoms with Gasteiger partial charge in [0.1, 0.15) is 6.04 Å². The van der Waals surface area contributed by atoms with Crippen LogP contribution in [0, 0.1) is 0 Å². The van der Waals surface area contributed by atoms with Gasteiger partial charge in [-0.3, -0.25) is 4.79 Å². The molecule has 0 radical (unpaired) electrons. The van der Waals surface area contributed by atoms with Crippen LogP contribution in [0.3, 0.4) is 0 Å². The lowest BCUT2D eigenvalue weighted by Crippen LogP contribution is -2.32. The molecule has 2 rings (SSSR count). The van der Waals surface area contributed by atoms with Gasteiger partial charge in [0.25, 0.3) is 0 Å². The Balaban J connectivity index is 1.86. The Labute approximate surface area is 112 Å². The summed E-state index contributed by atoms with van der Waals surface area (Å²) in [5, 5.41) is 11.4. The van der Waals surface area contributed by atoms with Gasteiger partial charge in [0.15, 0.2) is 10.8 Å². The molecule has 0 aliphatic rings. The maximum Gasteiger partial charge on any atom is 0.321 e. The van der Waals surface area contributed by atoms with Gasteiger partial charge in [-0.1, -0.05) is 0 Å². The third-order valence-electron chi connectivity index (χ3n) is 2.15. The summed E-state index contributed by atoms with van der Waals surface area (Å²) in [4.78, 5) is 14.9. The Morgan fingerprint density at radius 1 is 1.67 bits per heavy atom. The Bertz CT molecular complexity index is 510. The van der Waals surface area contributed by atoms with Crippen molar-refractivity contribution in [1.82, 2.24) is 4.98 Å². The van der Waals surface area contributed by atoms with Gasteiger partial charge in [-0.2, -0.15) is 11.8 Å². The predicted molar refractivity (Wildman–Crippen MR) is 71.6 cm³/mol. The van der Waals surface area contributed by atoms with Crippen LogP contribution in [0.2, 0.25) is 0 Å². The van der Waals surface area contributed by atoms with Gasteiger partial charge < -0.3 is 15.3 Å². The minimum Gasteiger partial charge on any atom is -0.480 e. The number of thioether (sulfide) groups is 1. The van der Waals surface area contributed by atoms with Gasteiger partial charge in [-0.25, -0.2) is 4.98 Å². The monoisotopic (exact) mass is 284 g/mol. The first-order valence-electron chi connectivity index (χ1n) is 5.21. The van der Waals surface area contributed by atoms with E-state index in [1.807, 2.05) is 17.5 Å². The van der Waals surface area contributed by atoms with Crippen LogP contribution in [0.15, 0.2) is 28.2 Å². The van der Waals surface area contributed by atoms with Crippen molar-refractivity contribution >= 4 is 29.1 Å². The number of aliphatic carboxylic acids is 1. The predicted octanol–water partition coefficient (Wildman–Crippen LogP) is 2.05. The molecule has 0 aliphatic carbocycles. The molecule has 5 nitrogen and oxygen atoms in total. The maximum absolute atomic E-state index is 10.5. The molecular formula is C11H12N2O3S2. The number of aromatic nitrogens is 1. The van der Waals surface area contributed by atoms with Crippen molar-refractivity contribution in [1.29, 1.82) is 0 Å². The van der Waals surface area contributed by atoms with Crippen LogP contribution in [0.1, 0.15) is 5.69 Å². The summed E-state index contributed by atoms with van der Waals surface area (Å²) < 4.78 is 5.25. The highest BCUT2D eigenvalue weighted by molar-refractivity contribution is 7.98. The standard InChI is InChI=1S/C11H12N2O3S2/c12-8(11(14)15)6-17-4-7-5-18-10(13-7)9-2-1-3-16-9/h1-3,5,8H,4,6,12H2,(H,14,15)/t8-/m0/s1. The fourth-order valence-electron chi connectivity index (χ4n) is 1.25. The molecule has 0 bridgehead atoms. The Kier molecular flexibility index (Phi) is 4.40. The molecule has 0 fully saturated rings. The molecule has 0 aromatic carbocycles. The number of nitrogens with zero attached hydrogens (tertiary/aromatic N) is 1. The van der Waals surface area contributed by atoms with Gasteiger partial charge >= 0.3 is 5.97 Å². The number of furan rings is 1. The van der Waals surface area contributed by atoms with E-state index in [1.54, 1.807) is 6.26 Å². The lowest BCUT2D eigenvalue weighted by atomic mass is 10.4. The molecular weight excluding hydrogens is 272 g/mol. The van der Waals surface area contributed by atoms with Crippen LogP contribution in [0.25, 0.3) is 10.8 Å². The molecule has 0 saturated carbocycles. The first-order chi connectivity index (χ1) is 8.66. The van der Waals surface area contributed by atoms with Gasteiger partial charge in [0.05, 0.1) is 12.0 Å². The first-order valence-corrected chi connectivity index (χ1v) is 7.24. The van der Waals surface area contributed by atoms with E-state index in [1.165, 1.54) is 23.1 Å². The van der Waals surface area contributed by atoms with Crippen LogP contribution in [0.4, 0.5) is 0 Å². The van der Waals surface area contributed by atoms with E-state index in [-0.39, 0.29) is 0 Å². The molecule has 0 aliphatic heterocycles. The second-order valence-corrected chi connectivity index (χ2v) is 5.47. The number of rotatable bonds is 6. The highest BCUT2D eigenvalue weighted by Crippen LogP contribution is 2.25. The van der Waals surface area contributed by atoms with E-state index >= 15 is 0 Å². The summed E-state index contributed by atoms with van der Waals surface area (Å²) in [7, 11) is 0. The van der Waals surface area contributed by atoms with Crippen LogP contribution < -0.4 is 5.73 Å². The van der Waals surface area contributed by atoms with E-state index in [9.17, 15) is 4.79 Å². The van der Waals surface area contributed by atoms with Crippen LogP contribution in [0.5, 0.6) is 0 Å². The number of carboxylic acids is 1. The van der Waals surface area contributed by atoms with Crippen molar-refractivity contribution in [3.8, 4) is 10.8 Å². The van der Waals surface area contributed by atoms with Crippen molar-refractivity contribution < 1.29 is 14.3 Å². The van der Waals surface area contributed by atoms with Gasteiger partial charge in [0.2, 0.25) is 0 Å². The summed E-state index contributed by atoms with van der Waals surface area (Å²) in [6.45, 7) is 0. The zero-order chi connectivity index (χ0) is 13.0. The zero-order valence-corrected chi connectivity index (χ0v) is 11.0. The quantitative estimate of drug-likeness (QED) is 0.844. The van der Waals surface area contributed by atoms with Crippen molar-refractivity contribution in [2.75, 3.05) is 5.75 Å². The normalized spacial score (nSPS) is 12.5. The zero-order valence-electron chi connectivity index (χ0n) is 9.41. The highest BCUT2D eigenvalue weighted by Gasteiger charge is 2.12. The van der Waals surface area contributed by atoms with Crippen molar-refractivity contribution in [2.45, 2.75) is 11.8 Å². The molecule has 2 aromatic heterocycles. The summed E-state index contributed by atoms with van der Waals surface area (Å²) in [6.07, 6.45) is 1.61. The molecule has 0 saturated heterocycles. The first kappa shape index (κ1) is 13.1. The lowest BCUT2D eigenvalue weighted by molar-refractivity contribution is -0.137. The molecule has 1 atom stereocenters. The van der Waals surface area contributed by atoms with Crippen molar-refractivity contribution in [3.05, 3.63) is 29.5 Å². The second-order valence-electron chi connectivity index (χ2n) is 3.58. The molecule has 18 heavy (non-hydrogen) atoms. The highest BCUT2D eigenvalue weighted by atomic mass is 32.2. The van der Waals surface area contributed by atoms with Crippen LogP contribution in [-0.2, 0) is 10.5 Å². The number of carboxylic acid groups (broad SMARTS) is 1. The van der Waals surface area contributed by atoms with Crippen LogP contribution in [-0.4, -0.2) is 27.9 Å². The summed E-state index contributed by atoms with van der Waals surface area (Å²) in [6, 6.07) is 2.85. The Morgan fingerprint density at radius 3 is 3.17 bits per heavy atom. The van der Waals surface area contributed by atoms with Gasteiger partial charge in [-0.15, -0.1) is 11.3 Å². The minimum atomic E-state index is -0.975. The molecule has 3 N–H and O–H groups in total. The topological polar surface area (TPSA) is 89.4 Å².